The van der Waals surface area contributed by atoms with E-state index in [0.29, 0.717) is 0 Å². The molecule has 10 rings (SSSR count). The summed E-state index contributed by atoms with van der Waals surface area (Å²) in [5.41, 5.74) is 12.2. The van der Waals surface area contributed by atoms with Gasteiger partial charge in [0.05, 0.1) is 5.41 Å². The van der Waals surface area contributed by atoms with Gasteiger partial charge in [-0.25, -0.2) is 0 Å². The molecule has 230 valence electrons. The van der Waals surface area contributed by atoms with Gasteiger partial charge in [0.2, 0.25) is 0 Å². The van der Waals surface area contributed by atoms with Crippen molar-refractivity contribution >= 4 is 49.8 Å². The van der Waals surface area contributed by atoms with E-state index in [9.17, 15) is 0 Å². The zero-order chi connectivity index (χ0) is 32.4. The second kappa shape index (κ2) is 10.8. The number of furan rings is 1. The standard InChI is InChI=1S/C47H31NO/c1-4-15-33(16-5-1)47(34-17-6-2-7-18-34)42-29-24-32-14-10-11-21-38(32)46(42)41-28-26-36(30-43(41)47)48(35-19-8-3-9-20-35)37-25-27-40-39-22-12-13-23-44(39)49-45(40)31-37/h1-31H. The molecule has 0 N–H and O–H groups in total. The van der Waals surface area contributed by atoms with Gasteiger partial charge in [0.1, 0.15) is 11.2 Å². The van der Waals surface area contributed by atoms with Crippen LogP contribution in [0.1, 0.15) is 22.3 Å². The summed E-state index contributed by atoms with van der Waals surface area (Å²) in [6.45, 7) is 0. The molecule has 0 bridgehead atoms. The number of rotatable bonds is 5. The first kappa shape index (κ1) is 27.7. The Bertz CT molecular complexity index is 2620. The first-order valence-corrected chi connectivity index (χ1v) is 16.9. The van der Waals surface area contributed by atoms with Gasteiger partial charge >= 0.3 is 0 Å². The number of hydrogen-bond acceptors (Lipinski definition) is 2. The summed E-state index contributed by atoms with van der Waals surface area (Å²) in [4.78, 5) is 2.36. The third kappa shape index (κ3) is 4.07. The molecule has 0 saturated heterocycles. The van der Waals surface area contributed by atoms with Crippen LogP contribution in [-0.2, 0) is 5.41 Å². The fourth-order valence-corrected chi connectivity index (χ4v) is 8.26. The van der Waals surface area contributed by atoms with Crippen LogP contribution in [0.4, 0.5) is 17.1 Å². The van der Waals surface area contributed by atoms with Crippen LogP contribution in [0.3, 0.4) is 0 Å². The SMILES string of the molecule is c1ccc(N(c2ccc3c(c2)C(c2ccccc2)(c2ccccc2)c2ccc4ccccc4c2-3)c2ccc3c(c2)oc2ccccc23)cc1. The van der Waals surface area contributed by atoms with Crippen molar-refractivity contribution in [3.63, 3.8) is 0 Å². The summed E-state index contributed by atoms with van der Waals surface area (Å²) < 4.78 is 6.39. The third-order valence-corrected chi connectivity index (χ3v) is 10.3. The van der Waals surface area contributed by atoms with Gasteiger partial charge in [-0.05, 0) is 86.6 Å². The molecule has 0 atom stereocenters. The molecular formula is C47H31NO. The van der Waals surface area contributed by atoms with Crippen molar-refractivity contribution in [2.75, 3.05) is 4.90 Å². The maximum absolute atomic E-state index is 6.39. The van der Waals surface area contributed by atoms with Crippen molar-refractivity contribution in [3.05, 3.63) is 210 Å². The molecule has 1 aliphatic carbocycles. The molecule has 1 aliphatic rings. The Kier molecular flexibility index (Phi) is 6.13. The largest absolute Gasteiger partial charge is 0.456 e. The van der Waals surface area contributed by atoms with E-state index in [0.717, 1.165) is 39.0 Å². The van der Waals surface area contributed by atoms with Gasteiger partial charge in [0.15, 0.2) is 0 Å². The van der Waals surface area contributed by atoms with Gasteiger partial charge < -0.3 is 9.32 Å². The maximum atomic E-state index is 6.39. The van der Waals surface area contributed by atoms with E-state index in [1.54, 1.807) is 0 Å². The van der Waals surface area contributed by atoms with E-state index in [2.05, 4.69) is 181 Å². The minimum Gasteiger partial charge on any atom is -0.456 e. The molecular weight excluding hydrogens is 595 g/mol. The van der Waals surface area contributed by atoms with Crippen LogP contribution in [0, 0.1) is 0 Å². The Morgan fingerprint density at radius 2 is 0.980 bits per heavy atom. The minimum atomic E-state index is -0.516. The highest BCUT2D eigenvalue weighted by Crippen LogP contribution is 2.58. The van der Waals surface area contributed by atoms with Crippen molar-refractivity contribution in [2.24, 2.45) is 0 Å². The minimum absolute atomic E-state index is 0.516. The highest BCUT2D eigenvalue weighted by Gasteiger charge is 2.47. The second-order valence-corrected chi connectivity index (χ2v) is 12.9. The molecule has 0 amide bonds. The van der Waals surface area contributed by atoms with Crippen molar-refractivity contribution in [1.82, 2.24) is 0 Å². The van der Waals surface area contributed by atoms with E-state index >= 15 is 0 Å². The fourth-order valence-electron chi connectivity index (χ4n) is 8.26. The quantitative estimate of drug-likeness (QED) is 0.189. The Morgan fingerprint density at radius 3 is 1.73 bits per heavy atom. The number of fused-ring (bicyclic) bond motifs is 8. The van der Waals surface area contributed by atoms with Crippen molar-refractivity contribution in [1.29, 1.82) is 0 Å². The van der Waals surface area contributed by atoms with Crippen LogP contribution in [0.25, 0.3) is 43.8 Å². The summed E-state index contributed by atoms with van der Waals surface area (Å²) in [5, 5.41) is 4.78. The lowest BCUT2D eigenvalue weighted by atomic mass is 9.67. The Labute approximate surface area is 285 Å². The summed E-state index contributed by atoms with van der Waals surface area (Å²) in [6.07, 6.45) is 0. The number of anilines is 3. The van der Waals surface area contributed by atoms with E-state index in [4.69, 9.17) is 4.42 Å². The first-order valence-electron chi connectivity index (χ1n) is 16.9. The fraction of sp³-hybridized carbons (Fsp3) is 0.0213. The summed E-state index contributed by atoms with van der Waals surface area (Å²) in [6, 6.07) is 68.1. The van der Waals surface area contributed by atoms with Crippen molar-refractivity contribution in [3.8, 4) is 11.1 Å². The van der Waals surface area contributed by atoms with Crippen LogP contribution in [0.15, 0.2) is 192 Å². The van der Waals surface area contributed by atoms with Crippen LogP contribution in [0.5, 0.6) is 0 Å². The number of para-hydroxylation sites is 2. The highest BCUT2D eigenvalue weighted by molar-refractivity contribution is 6.07. The Hall–Kier alpha value is -6.38. The maximum Gasteiger partial charge on any atom is 0.137 e. The topological polar surface area (TPSA) is 16.4 Å². The molecule has 9 aromatic rings. The molecule has 0 fully saturated rings. The lowest BCUT2D eigenvalue weighted by molar-refractivity contribution is 0.669. The predicted molar refractivity (Wildman–Crippen MR) is 203 cm³/mol. The Morgan fingerprint density at radius 1 is 0.388 bits per heavy atom. The molecule has 0 spiro atoms. The summed E-state index contributed by atoms with van der Waals surface area (Å²) in [5.74, 6) is 0. The van der Waals surface area contributed by atoms with Gasteiger partial charge in [-0.1, -0.05) is 140 Å². The molecule has 0 aliphatic heterocycles. The van der Waals surface area contributed by atoms with Gasteiger partial charge in [0, 0.05) is 33.9 Å². The zero-order valence-electron chi connectivity index (χ0n) is 26.8. The lowest BCUT2D eigenvalue weighted by Crippen LogP contribution is -2.28. The van der Waals surface area contributed by atoms with E-state index < -0.39 is 5.41 Å². The van der Waals surface area contributed by atoms with Crippen molar-refractivity contribution in [2.45, 2.75) is 5.41 Å². The molecule has 1 aromatic heterocycles. The van der Waals surface area contributed by atoms with Crippen LogP contribution in [-0.4, -0.2) is 0 Å². The van der Waals surface area contributed by atoms with Crippen molar-refractivity contribution < 1.29 is 4.42 Å². The smallest absolute Gasteiger partial charge is 0.137 e. The van der Waals surface area contributed by atoms with Gasteiger partial charge in [-0.3, -0.25) is 0 Å². The molecule has 0 radical (unpaired) electrons. The molecule has 2 nitrogen and oxygen atoms in total. The monoisotopic (exact) mass is 625 g/mol. The number of nitrogens with zero attached hydrogens (tertiary/aromatic N) is 1. The average molecular weight is 626 g/mol. The molecule has 2 heteroatoms. The van der Waals surface area contributed by atoms with E-state index in [-0.39, 0.29) is 0 Å². The predicted octanol–water partition coefficient (Wildman–Crippen LogP) is 12.6. The van der Waals surface area contributed by atoms with Crippen LogP contribution >= 0.6 is 0 Å². The van der Waals surface area contributed by atoms with Crippen LogP contribution in [0.2, 0.25) is 0 Å². The van der Waals surface area contributed by atoms with Gasteiger partial charge in [-0.2, -0.15) is 0 Å². The highest BCUT2D eigenvalue weighted by atomic mass is 16.3. The Balaban J connectivity index is 1.28. The molecule has 8 aromatic carbocycles. The average Bonchev–Trinajstić information content (AvgIpc) is 3.69. The second-order valence-electron chi connectivity index (χ2n) is 12.9. The number of hydrogen-bond donors (Lipinski definition) is 0. The molecule has 0 saturated carbocycles. The third-order valence-electron chi connectivity index (χ3n) is 10.3. The zero-order valence-corrected chi connectivity index (χ0v) is 26.8. The van der Waals surface area contributed by atoms with E-state index in [1.807, 2.05) is 12.1 Å². The normalized spacial score (nSPS) is 13.1. The lowest BCUT2D eigenvalue weighted by Gasteiger charge is -2.35. The van der Waals surface area contributed by atoms with E-state index in [1.165, 1.54) is 44.2 Å². The first-order chi connectivity index (χ1) is 24.3. The summed E-state index contributed by atoms with van der Waals surface area (Å²) in [7, 11) is 0. The van der Waals surface area contributed by atoms with Gasteiger partial charge in [0.25, 0.3) is 0 Å². The number of benzene rings is 8. The summed E-state index contributed by atoms with van der Waals surface area (Å²) >= 11 is 0. The van der Waals surface area contributed by atoms with Crippen LogP contribution < -0.4 is 4.90 Å². The van der Waals surface area contributed by atoms with Gasteiger partial charge in [-0.15, -0.1) is 0 Å². The molecule has 49 heavy (non-hydrogen) atoms. The molecule has 1 heterocycles. The molecule has 0 unspecified atom stereocenters.